The summed E-state index contributed by atoms with van der Waals surface area (Å²) in [5, 5.41) is 2.80. The number of allylic oxidation sites excluding steroid dienone is 1. The van der Waals surface area contributed by atoms with Crippen molar-refractivity contribution in [2.45, 2.75) is 19.1 Å². The fourth-order valence-electron chi connectivity index (χ4n) is 2.40. The minimum Gasteiger partial charge on any atom is -0.366 e. The van der Waals surface area contributed by atoms with E-state index in [9.17, 15) is 4.79 Å². The number of benzene rings is 1. The van der Waals surface area contributed by atoms with E-state index in [1.54, 1.807) is 6.33 Å². The monoisotopic (exact) mass is 375 g/mol. The summed E-state index contributed by atoms with van der Waals surface area (Å²) in [4.78, 5) is 16.0. The van der Waals surface area contributed by atoms with Crippen molar-refractivity contribution in [2.24, 2.45) is 0 Å². The van der Waals surface area contributed by atoms with E-state index in [2.05, 4.69) is 50.5 Å². The van der Waals surface area contributed by atoms with Crippen molar-refractivity contribution in [3.8, 4) is 0 Å². The Morgan fingerprint density at radius 3 is 3.00 bits per heavy atom. The number of rotatable bonds is 5. The van der Waals surface area contributed by atoms with E-state index in [-0.39, 0.29) is 5.91 Å². The van der Waals surface area contributed by atoms with Crippen molar-refractivity contribution >= 4 is 27.9 Å². The minimum atomic E-state index is -0.426. The van der Waals surface area contributed by atoms with Crippen LogP contribution >= 0.6 is 15.9 Å². The van der Waals surface area contributed by atoms with Gasteiger partial charge in [-0.25, -0.2) is 4.98 Å². The van der Waals surface area contributed by atoms with Crippen LogP contribution in [0.15, 0.2) is 47.3 Å². The van der Waals surface area contributed by atoms with Gasteiger partial charge < -0.3 is 14.6 Å². The van der Waals surface area contributed by atoms with E-state index >= 15 is 0 Å². The smallest absolute Gasteiger partial charge is 0.249 e. The van der Waals surface area contributed by atoms with E-state index in [1.165, 1.54) is 0 Å². The number of hydrogen-bond acceptors (Lipinski definition) is 3. The number of morpholine rings is 1. The molecule has 0 radical (unpaired) electrons. The van der Waals surface area contributed by atoms with Crippen LogP contribution in [0.25, 0.3) is 6.08 Å². The zero-order valence-electron chi connectivity index (χ0n) is 12.6. The average Bonchev–Trinajstić information content (AvgIpc) is 2.99. The molecule has 23 heavy (non-hydrogen) atoms. The average molecular weight is 376 g/mol. The molecule has 120 valence electrons. The van der Waals surface area contributed by atoms with Gasteiger partial charge in [0.15, 0.2) is 0 Å². The third-order valence-corrected chi connectivity index (χ3v) is 4.12. The van der Waals surface area contributed by atoms with E-state index in [0.29, 0.717) is 19.6 Å². The molecule has 5 nitrogen and oxygen atoms in total. The highest BCUT2D eigenvalue weighted by molar-refractivity contribution is 9.10. The Hall–Kier alpha value is -1.92. The van der Waals surface area contributed by atoms with Crippen molar-refractivity contribution in [3.05, 3.63) is 58.6 Å². The Kier molecular flexibility index (Phi) is 5.25. The zero-order chi connectivity index (χ0) is 16.1. The number of ether oxygens (including phenoxy) is 1. The third kappa shape index (κ3) is 4.53. The summed E-state index contributed by atoms with van der Waals surface area (Å²) in [5.74, 6) is -0.0547. The van der Waals surface area contributed by atoms with Crippen LogP contribution in [0.4, 0.5) is 0 Å². The fraction of sp³-hybridized carbons (Fsp3) is 0.294. The highest BCUT2D eigenvalue weighted by Gasteiger charge is 2.23. The van der Waals surface area contributed by atoms with Crippen molar-refractivity contribution in [3.63, 3.8) is 0 Å². The summed E-state index contributed by atoms with van der Waals surface area (Å²) in [5.41, 5.74) is 2.02. The van der Waals surface area contributed by atoms with Gasteiger partial charge in [-0.2, -0.15) is 0 Å². The van der Waals surface area contributed by atoms with Gasteiger partial charge in [-0.3, -0.25) is 4.79 Å². The molecule has 1 aromatic carbocycles. The van der Waals surface area contributed by atoms with Crippen LogP contribution < -0.4 is 5.32 Å². The van der Waals surface area contributed by atoms with E-state index in [4.69, 9.17) is 4.74 Å². The van der Waals surface area contributed by atoms with E-state index < -0.39 is 6.10 Å². The summed E-state index contributed by atoms with van der Waals surface area (Å²) in [6, 6.07) is 8.15. The lowest BCUT2D eigenvalue weighted by Crippen LogP contribution is -2.45. The first-order valence-corrected chi connectivity index (χ1v) is 8.32. The summed E-state index contributed by atoms with van der Waals surface area (Å²) in [7, 11) is 0. The fourth-order valence-corrected chi connectivity index (χ4v) is 2.67. The number of imidazole rings is 1. The maximum absolute atomic E-state index is 11.7. The number of nitrogens with zero attached hydrogens (tertiary/aromatic N) is 2. The number of nitrogens with one attached hydrogen (secondary N) is 1. The first-order valence-electron chi connectivity index (χ1n) is 7.53. The lowest BCUT2D eigenvalue weighted by Gasteiger charge is -2.21. The number of carbonyl (C=O) groups is 1. The molecule has 2 aromatic rings. The second-order valence-electron chi connectivity index (χ2n) is 5.37. The number of carbonyl (C=O) groups excluding carboxylic acids is 1. The third-order valence-electron chi connectivity index (χ3n) is 3.59. The van der Waals surface area contributed by atoms with Crippen molar-refractivity contribution in [1.82, 2.24) is 14.9 Å². The first kappa shape index (κ1) is 16.0. The summed E-state index contributed by atoms with van der Waals surface area (Å²) in [6.45, 7) is 1.89. The van der Waals surface area contributed by atoms with Crippen molar-refractivity contribution in [2.75, 3.05) is 13.2 Å². The number of amides is 1. The van der Waals surface area contributed by atoms with Gasteiger partial charge in [0, 0.05) is 30.2 Å². The molecule has 1 aliphatic heterocycles. The SMILES string of the molecule is O=C1NCCOC1Cc1cn(C/C=C/c2ccc(Br)cc2)cn1. The number of aromatic nitrogens is 2. The number of halogens is 1. The van der Waals surface area contributed by atoms with E-state index in [1.807, 2.05) is 22.9 Å². The van der Waals surface area contributed by atoms with Crippen LogP contribution in [0.5, 0.6) is 0 Å². The Morgan fingerprint density at radius 1 is 1.39 bits per heavy atom. The quantitative estimate of drug-likeness (QED) is 0.872. The molecule has 0 saturated carbocycles. The maximum Gasteiger partial charge on any atom is 0.249 e. The molecule has 6 heteroatoms. The first-order chi connectivity index (χ1) is 11.2. The van der Waals surface area contributed by atoms with Crippen LogP contribution in [0, 0.1) is 0 Å². The predicted molar refractivity (Wildman–Crippen MR) is 91.9 cm³/mol. The lowest BCUT2D eigenvalue weighted by molar-refractivity contribution is -0.137. The molecule has 1 aliphatic rings. The normalized spacial score (nSPS) is 18.3. The van der Waals surface area contributed by atoms with Crippen molar-refractivity contribution < 1.29 is 9.53 Å². The minimum absolute atomic E-state index is 0.0547. The molecule has 0 bridgehead atoms. The number of hydrogen-bond donors (Lipinski definition) is 1. The summed E-state index contributed by atoms with van der Waals surface area (Å²) >= 11 is 3.42. The topological polar surface area (TPSA) is 56.1 Å². The van der Waals surface area contributed by atoms with E-state index in [0.717, 1.165) is 22.3 Å². The largest absolute Gasteiger partial charge is 0.366 e. The van der Waals surface area contributed by atoms with Gasteiger partial charge in [0.25, 0.3) is 0 Å². The predicted octanol–water partition coefficient (Wildman–Crippen LogP) is 2.42. The Morgan fingerprint density at radius 2 is 2.22 bits per heavy atom. The van der Waals surface area contributed by atoms with Gasteiger partial charge >= 0.3 is 0 Å². The van der Waals surface area contributed by atoms with Gasteiger partial charge in [0.2, 0.25) is 5.91 Å². The highest BCUT2D eigenvalue weighted by Crippen LogP contribution is 2.12. The van der Waals surface area contributed by atoms with Gasteiger partial charge in [0.1, 0.15) is 6.10 Å². The van der Waals surface area contributed by atoms with Crippen LogP contribution in [-0.4, -0.2) is 34.7 Å². The molecule has 1 unspecified atom stereocenters. The van der Waals surface area contributed by atoms with Gasteiger partial charge in [-0.1, -0.05) is 40.2 Å². The molecule has 1 fully saturated rings. The lowest BCUT2D eigenvalue weighted by atomic mass is 10.2. The molecule has 1 amide bonds. The van der Waals surface area contributed by atoms with Gasteiger partial charge in [-0.15, -0.1) is 0 Å². The molecule has 3 rings (SSSR count). The van der Waals surface area contributed by atoms with Crippen LogP contribution in [-0.2, 0) is 22.5 Å². The van der Waals surface area contributed by atoms with Gasteiger partial charge in [-0.05, 0) is 17.7 Å². The molecule has 0 spiro atoms. The zero-order valence-corrected chi connectivity index (χ0v) is 14.2. The standard InChI is InChI=1S/C17H18BrN3O2/c18-14-5-3-13(4-6-14)2-1-8-21-11-15(20-12-21)10-16-17(22)19-7-9-23-16/h1-6,11-12,16H,7-10H2,(H,19,22)/b2-1+. The molecule has 1 aromatic heterocycles. The molecule has 2 heterocycles. The molecule has 1 saturated heterocycles. The van der Waals surface area contributed by atoms with Crippen LogP contribution in [0.3, 0.4) is 0 Å². The Labute approximate surface area is 143 Å². The van der Waals surface area contributed by atoms with Crippen molar-refractivity contribution in [1.29, 1.82) is 0 Å². The maximum atomic E-state index is 11.7. The molecular weight excluding hydrogens is 358 g/mol. The Bertz CT molecular complexity index is 694. The van der Waals surface area contributed by atoms with Gasteiger partial charge in [0.05, 0.1) is 18.6 Å². The van der Waals surface area contributed by atoms with Crippen LogP contribution in [0.1, 0.15) is 11.3 Å². The molecule has 0 aliphatic carbocycles. The second-order valence-corrected chi connectivity index (χ2v) is 6.29. The highest BCUT2D eigenvalue weighted by atomic mass is 79.9. The Balaban J connectivity index is 1.54. The molecular formula is C17H18BrN3O2. The summed E-state index contributed by atoms with van der Waals surface area (Å²) < 4.78 is 8.54. The molecule has 1 N–H and O–H groups in total. The molecule has 1 atom stereocenters. The second kappa shape index (κ2) is 7.57. The summed E-state index contributed by atoms with van der Waals surface area (Å²) in [6.07, 6.45) is 7.97. The van der Waals surface area contributed by atoms with Crippen LogP contribution in [0.2, 0.25) is 0 Å².